The van der Waals surface area contributed by atoms with Crippen LogP contribution in [0.1, 0.15) is 24.1 Å². The largest absolute Gasteiger partial charge is 0.250 e. The lowest BCUT2D eigenvalue weighted by molar-refractivity contribution is 0.927. The predicted octanol–water partition coefficient (Wildman–Crippen LogP) is 4.43. The molecule has 4 rings (SSSR count). The first-order chi connectivity index (χ1) is 9.81. The monoisotopic (exact) mass is 258 g/mol. The van der Waals surface area contributed by atoms with E-state index in [1.807, 2.05) is 24.3 Å². The Morgan fingerprint density at radius 1 is 0.850 bits per heavy atom. The zero-order chi connectivity index (χ0) is 13.5. The molecule has 0 aliphatic heterocycles. The Morgan fingerprint density at radius 2 is 1.65 bits per heavy atom. The number of rotatable bonds is 1. The summed E-state index contributed by atoms with van der Waals surface area (Å²) < 4.78 is 0. The third kappa shape index (κ3) is 1.73. The minimum Gasteiger partial charge on any atom is -0.250 e. The van der Waals surface area contributed by atoms with Crippen molar-refractivity contribution in [2.75, 3.05) is 0 Å². The molecule has 1 aromatic carbocycles. The van der Waals surface area contributed by atoms with Gasteiger partial charge in [0, 0.05) is 11.3 Å². The van der Waals surface area contributed by atoms with Crippen LogP contribution in [0.25, 0.3) is 28.4 Å². The van der Waals surface area contributed by atoms with E-state index in [2.05, 4.69) is 43.3 Å². The molecule has 2 heterocycles. The molecular weight excluding hydrogens is 244 g/mol. The maximum Gasteiger partial charge on any atom is 0.0894 e. The van der Waals surface area contributed by atoms with Crippen molar-refractivity contribution in [3.63, 3.8) is 0 Å². The molecule has 1 atom stereocenters. The third-order valence-corrected chi connectivity index (χ3v) is 3.81. The summed E-state index contributed by atoms with van der Waals surface area (Å²) in [6.07, 6.45) is 4.33. The van der Waals surface area contributed by atoms with Gasteiger partial charge in [0.2, 0.25) is 0 Å². The zero-order valence-corrected chi connectivity index (χ0v) is 11.2. The molecule has 0 bridgehead atoms. The Kier molecular flexibility index (Phi) is 2.43. The summed E-state index contributed by atoms with van der Waals surface area (Å²) in [5.74, 6) is 0.394. The van der Waals surface area contributed by atoms with Crippen molar-refractivity contribution in [1.29, 1.82) is 0 Å². The average Bonchev–Trinajstić information content (AvgIpc) is 2.88. The van der Waals surface area contributed by atoms with Crippen LogP contribution in [-0.2, 0) is 0 Å². The van der Waals surface area contributed by atoms with Crippen LogP contribution in [0, 0.1) is 0 Å². The van der Waals surface area contributed by atoms with Gasteiger partial charge in [-0.25, -0.2) is 9.97 Å². The average molecular weight is 258 g/mol. The quantitative estimate of drug-likeness (QED) is 0.645. The summed E-state index contributed by atoms with van der Waals surface area (Å²) in [7, 11) is 0. The summed E-state index contributed by atoms with van der Waals surface area (Å²) in [4.78, 5) is 9.50. The van der Waals surface area contributed by atoms with E-state index >= 15 is 0 Å². The maximum absolute atomic E-state index is 4.79. The first kappa shape index (κ1) is 11.4. The van der Waals surface area contributed by atoms with Crippen molar-refractivity contribution >= 4 is 17.0 Å². The molecule has 0 saturated carbocycles. The predicted molar refractivity (Wildman–Crippen MR) is 82.4 cm³/mol. The highest BCUT2D eigenvalue weighted by Gasteiger charge is 2.15. The lowest BCUT2D eigenvalue weighted by atomic mass is 10.1. The zero-order valence-electron chi connectivity index (χ0n) is 11.2. The highest BCUT2D eigenvalue weighted by Crippen LogP contribution is 2.30. The van der Waals surface area contributed by atoms with E-state index in [0.29, 0.717) is 5.92 Å². The SMILES string of the molecule is CC1C=Cc2ccc(-c3ccc4ccccc4n3)nc21. The van der Waals surface area contributed by atoms with Gasteiger partial charge < -0.3 is 0 Å². The number of fused-ring (bicyclic) bond motifs is 2. The number of nitrogens with zero attached hydrogens (tertiary/aromatic N) is 2. The fourth-order valence-electron chi connectivity index (χ4n) is 2.68. The Labute approximate surface area is 117 Å². The molecule has 1 unspecified atom stereocenters. The molecule has 96 valence electrons. The number of hydrogen-bond acceptors (Lipinski definition) is 2. The summed E-state index contributed by atoms with van der Waals surface area (Å²) in [6, 6.07) is 16.5. The topological polar surface area (TPSA) is 25.8 Å². The molecule has 0 fully saturated rings. The van der Waals surface area contributed by atoms with Crippen LogP contribution in [0.15, 0.2) is 54.6 Å². The van der Waals surface area contributed by atoms with Crippen molar-refractivity contribution in [3.8, 4) is 11.4 Å². The summed E-state index contributed by atoms with van der Waals surface area (Å²) in [5, 5.41) is 1.16. The van der Waals surface area contributed by atoms with Crippen molar-refractivity contribution < 1.29 is 0 Å². The smallest absolute Gasteiger partial charge is 0.0894 e. The van der Waals surface area contributed by atoms with Gasteiger partial charge in [0.25, 0.3) is 0 Å². The minimum absolute atomic E-state index is 0.394. The molecule has 3 aromatic rings. The fourth-order valence-corrected chi connectivity index (χ4v) is 2.68. The van der Waals surface area contributed by atoms with Gasteiger partial charge in [0.05, 0.1) is 22.6 Å². The van der Waals surface area contributed by atoms with E-state index in [1.54, 1.807) is 0 Å². The molecule has 0 amide bonds. The fraction of sp³-hybridized carbons (Fsp3) is 0.111. The first-order valence-electron chi connectivity index (χ1n) is 6.86. The summed E-state index contributed by atoms with van der Waals surface area (Å²) in [6.45, 7) is 2.17. The lowest BCUT2D eigenvalue weighted by Gasteiger charge is -2.07. The first-order valence-corrected chi connectivity index (χ1v) is 6.86. The van der Waals surface area contributed by atoms with E-state index in [1.165, 1.54) is 5.56 Å². The molecule has 1 aliphatic rings. The molecule has 2 heteroatoms. The van der Waals surface area contributed by atoms with Gasteiger partial charge in [-0.15, -0.1) is 0 Å². The van der Waals surface area contributed by atoms with Crippen molar-refractivity contribution in [3.05, 3.63) is 65.9 Å². The molecule has 0 saturated heterocycles. The maximum atomic E-state index is 4.79. The molecule has 20 heavy (non-hydrogen) atoms. The van der Waals surface area contributed by atoms with Crippen molar-refractivity contribution in [2.45, 2.75) is 12.8 Å². The van der Waals surface area contributed by atoms with E-state index in [0.717, 1.165) is 28.0 Å². The lowest BCUT2D eigenvalue weighted by Crippen LogP contribution is -1.96. The number of para-hydroxylation sites is 1. The van der Waals surface area contributed by atoms with Gasteiger partial charge in [0.1, 0.15) is 0 Å². The second-order valence-corrected chi connectivity index (χ2v) is 5.21. The van der Waals surface area contributed by atoms with Crippen LogP contribution in [0.2, 0.25) is 0 Å². The van der Waals surface area contributed by atoms with E-state index in [-0.39, 0.29) is 0 Å². The molecule has 2 aromatic heterocycles. The van der Waals surface area contributed by atoms with Crippen molar-refractivity contribution in [2.24, 2.45) is 0 Å². The molecule has 2 nitrogen and oxygen atoms in total. The normalized spacial score (nSPS) is 16.6. The van der Waals surface area contributed by atoms with Gasteiger partial charge in [-0.3, -0.25) is 0 Å². The Morgan fingerprint density at radius 3 is 2.60 bits per heavy atom. The van der Waals surface area contributed by atoms with E-state index in [9.17, 15) is 0 Å². The Bertz CT molecular complexity index is 834. The van der Waals surface area contributed by atoms with Crippen LogP contribution >= 0.6 is 0 Å². The summed E-state index contributed by atoms with van der Waals surface area (Å²) >= 11 is 0. The van der Waals surface area contributed by atoms with Gasteiger partial charge in [-0.05, 0) is 23.8 Å². The van der Waals surface area contributed by atoms with Crippen LogP contribution in [-0.4, -0.2) is 9.97 Å². The second-order valence-electron chi connectivity index (χ2n) is 5.21. The van der Waals surface area contributed by atoms with Crippen LogP contribution in [0.3, 0.4) is 0 Å². The van der Waals surface area contributed by atoms with E-state index < -0.39 is 0 Å². The number of aromatic nitrogens is 2. The number of benzene rings is 1. The molecule has 0 radical (unpaired) electrons. The number of allylic oxidation sites excluding steroid dienone is 1. The number of hydrogen-bond donors (Lipinski definition) is 0. The Hall–Kier alpha value is -2.48. The number of pyridine rings is 2. The third-order valence-electron chi connectivity index (χ3n) is 3.81. The van der Waals surface area contributed by atoms with Crippen molar-refractivity contribution in [1.82, 2.24) is 9.97 Å². The summed E-state index contributed by atoms with van der Waals surface area (Å²) in [5.41, 5.74) is 5.27. The van der Waals surface area contributed by atoms with Crippen LogP contribution in [0.4, 0.5) is 0 Å². The highest BCUT2D eigenvalue weighted by atomic mass is 14.8. The van der Waals surface area contributed by atoms with Gasteiger partial charge in [-0.1, -0.05) is 49.4 Å². The molecular formula is C18H14N2. The van der Waals surface area contributed by atoms with Gasteiger partial charge >= 0.3 is 0 Å². The van der Waals surface area contributed by atoms with Crippen LogP contribution in [0.5, 0.6) is 0 Å². The Balaban J connectivity index is 1.85. The standard InChI is InChI=1S/C18H14N2/c1-12-6-7-14-9-11-17(20-18(12)14)16-10-8-13-4-2-3-5-15(13)19-16/h2-12H,1H3. The molecule has 1 aliphatic carbocycles. The molecule has 0 N–H and O–H groups in total. The minimum atomic E-state index is 0.394. The second kappa shape index (κ2) is 4.27. The van der Waals surface area contributed by atoms with Crippen LogP contribution < -0.4 is 0 Å². The highest BCUT2D eigenvalue weighted by molar-refractivity contribution is 5.81. The molecule has 0 spiro atoms. The van der Waals surface area contributed by atoms with Gasteiger partial charge in [0.15, 0.2) is 0 Å². The van der Waals surface area contributed by atoms with Gasteiger partial charge in [-0.2, -0.15) is 0 Å². The van der Waals surface area contributed by atoms with E-state index in [4.69, 9.17) is 9.97 Å².